The first kappa shape index (κ1) is 6.85. The van der Waals surface area contributed by atoms with Gasteiger partial charge in [-0.3, -0.25) is 0 Å². The van der Waals surface area contributed by atoms with Crippen LogP contribution in [0.3, 0.4) is 0 Å². The van der Waals surface area contributed by atoms with E-state index < -0.39 is 0 Å². The van der Waals surface area contributed by atoms with Crippen LogP contribution in [0.4, 0.5) is 0 Å². The van der Waals surface area contributed by atoms with Gasteiger partial charge < -0.3 is 10.3 Å². The normalized spacial score (nSPS) is 17.1. The molecule has 1 aromatic heterocycles. The van der Waals surface area contributed by atoms with Crippen molar-refractivity contribution in [1.29, 1.82) is 0 Å². The zero-order valence-corrected chi connectivity index (χ0v) is 6.51. The van der Waals surface area contributed by atoms with Crippen LogP contribution < -0.4 is 5.32 Å². The summed E-state index contributed by atoms with van der Waals surface area (Å²) in [4.78, 5) is 7.22. The molecule has 3 heteroatoms. The van der Waals surface area contributed by atoms with E-state index in [0.717, 1.165) is 24.8 Å². The molecule has 1 aromatic rings. The number of aromatic nitrogens is 2. The van der Waals surface area contributed by atoms with Crippen molar-refractivity contribution in [3.63, 3.8) is 0 Å². The van der Waals surface area contributed by atoms with Gasteiger partial charge in [0.15, 0.2) is 0 Å². The van der Waals surface area contributed by atoms with E-state index in [9.17, 15) is 0 Å². The van der Waals surface area contributed by atoms with E-state index in [4.69, 9.17) is 0 Å². The number of hydrogen-bond donors (Lipinski definition) is 2. The molecule has 1 aliphatic rings. The smallest absolute Gasteiger partial charge is 0.107 e. The minimum atomic E-state index is 0.810. The van der Waals surface area contributed by atoms with E-state index in [-0.39, 0.29) is 0 Å². The molecule has 1 fully saturated rings. The van der Waals surface area contributed by atoms with Gasteiger partial charge in [-0.25, -0.2) is 4.98 Å². The molecule has 1 saturated carbocycles. The number of nitrogens with zero attached hydrogens (tertiary/aromatic N) is 1. The van der Waals surface area contributed by atoms with Crippen molar-refractivity contribution in [2.75, 3.05) is 6.54 Å². The minimum absolute atomic E-state index is 0.810. The molecule has 1 heterocycles. The fourth-order valence-electron chi connectivity index (χ4n) is 1.12. The highest BCUT2D eigenvalue weighted by atomic mass is 15.0. The molecule has 0 unspecified atom stereocenters. The first-order valence-electron chi connectivity index (χ1n) is 4.17. The second kappa shape index (κ2) is 3.05. The van der Waals surface area contributed by atoms with E-state index in [1.165, 1.54) is 12.8 Å². The molecular formula is C8H13N3. The number of imidazole rings is 1. The lowest BCUT2D eigenvalue weighted by molar-refractivity contribution is 0.669. The lowest BCUT2D eigenvalue weighted by atomic mass is 10.4. The zero-order chi connectivity index (χ0) is 7.52. The maximum atomic E-state index is 4.14. The monoisotopic (exact) mass is 151 g/mol. The molecule has 0 saturated heterocycles. The molecule has 1 aliphatic carbocycles. The van der Waals surface area contributed by atoms with Crippen molar-refractivity contribution in [2.24, 2.45) is 0 Å². The van der Waals surface area contributed by atoms with Crippen LogP contribution in [0.15, 0.2) is 12.4 Å². The Labute approximate surface area is 66.2 Å². The molecule has 60 valence electrons. The van der Waals surface area contributed by atoms with Crippen molar-refractivity contribution in [3.05, 3.63) is 18.2 Å². The van der Waals surface area contributed by atoms with E-state index in [1.54, 1.807) is 6.20 Å². The van der Waals surface area contributed by atoms with Crippen LogP contribution in [0.1, 0.15) is 18.7 Å². The van der Waals surface area contributed by atoms with Crippen LogP contribution in [-0.2, 0) is 6.42 Å². The van der Waals surface area contributed by atoms with Crippen LogP contribution in [0.25, 0.3) is 0 Å². The summed E-state index contributed by atoms with van der Waals surface area (Å²) >= 11 is 0. The maximum Gasteiger partial charge on any atom is 0.107 e. The lowest BCUT2D eigenvalue weighted by Crippen LogP contribution is -2.19. The molecule has 0 atom stereocenters. The number of hydrogen-bond acceptors (Lipinski definition) is 2. The number of H-pyrrole nitrogens is 1. The average Bonchev–Trinajstić information content (AvgIpc) is 2.66. The SMILES string of the molecule is c1c[nH]c(CCNC2CC2)n1. The van der Waals surface area contributed by atoms with Gasteiger partial charge in [-0.1, -0.05) is 0 Å². The van der Waals surface area contributed by atoms with Gasteiger partial charge in [0.25, 0.3) is 0 Å². The number of rotatable bonds is 4. The van der Waals surface area contributed by atoms with Crippen molar-refractivity contribution < 1.29 is 0 Å². The molecule has 0 spiro atoms. The van der Waals surface area contributed by atoms with Crippen molar-refractivity contribution in [2.45, 2.75) is 25.3 Å². The molecule has 11 heavy (non-hydrogen) atoms. The summed E-state index contributed by atoms with van der Waals surface area (Å²) in [6.45, 7) is 1.05. The van der Waals surface area contributed by atoms with Gasteiger partial charge >= 0.3 is 0 Å². The summed E-state index contributed by atoms with van der Waals surface area (Å²) < 4.78 is 0. The molecule has 3 nitrogen and oxygen atoms in total. The molecule has 0 aliphatic heterocycles. The quantitative estimate of drug-likeness (QED) is 0.665. The van der Waals surface area contributed by atoms with Crippen molar-refractivity contribution >= 4 is 0 Å². The van der Waals surface area contributed by atoms with Gasteiger partial charge in [0.1, 0.15) is 5.82 Å². The summed E-state index contributed by atoms with van der Waals surface area (Å²) in [6, 6.07) is 0.810. The summed E-state index contributed by atoms with van der Waals surface area (Å²) in [5.74, 6) is 1.08. The number of nitrogens with one attached hydrogen (secondary N) is 2. The van der Waals surface area contributed by atoms with E-state index >= 15 is 0 Å². The number of aromatic amines is 1. The Kier molecular flexibility index (Phi) is 1.90. The molecule has 2 N–H and O–H groups in total. The summed E-state index contributed by atoms with van der Waals surface area (Å²) in [6.07, 6.45) is 7.40. The average molecular weight is 151 g/mol. The molecular weight excluding hydrogens is 138 g/mol. The van der Waals surface area contributed by atoms with Crippen LogP contribution in [0, 0.1) is 0 Å². The Bertz CT molecular complexity index is 201. The highest BCUT2D eigenvalue weighted by Gasteiger charge is 2.19. The zero-order valence-electron chi connectivity index (χ0n) is 6.51. The van der Waals surface area contributed by atoms with Crippen molar-refractivity contribution in [1.82, 2.24) is 15.3 Å². The van der Waals surface area contributed by atoms with E-state index in [0.29, 0.717) is 0 Å². The van der Waals surface area contributed by atoms with Crippen LogP contribution in [0.2, 0.25) is 0 Å². The maximum absolute atomic E-state index is 4.14. The Balaban J connectivity index is 1.66. The van der Waals surface area contributed by atoms with Gasteiger partial charge in [-0.15, -0.1) is 0 Å². The first-order chi connectivity index (χ1) is 5.45. The van der Waals surface area contributed by atoms with Crippen molar-refractivity contribution in [3.8, 4) is 0 Å². The van der Waals surface area contributed by atoms with Gasteiger partial charge in [-0.2, -0.15) is 0 Å². The summed E-state index contributed by atoms with van der Waals surface area (Å²) in [5.41, 5.74) is 0. The fourth-order valence-corrected chi connectivity index (χ4v) is 1.12. The Morgan fingerprint density at radius 3 is 3.18 bits per heavy atom. The predicted octanol–water partition coefficient (Wildman–Crippen LogP) is 0.704. The third-order valence-corrected chi connectivity index (χ3v) is 1.93. The third-order valence-electron chi connectivity index (χ3n) is 1.93. The first-order valence-corrected chi connectivity index (χ1v) is 4.17. The summed E-state index contributed by atoms with van der Waals surface area (Å²) in [5, 5.41) is 3.43. The second-order valence-corrected chi connectivity index (χ2v) is 3.01. The molecule has 0 aromatic carbocycles. The van der Waals surface area contributed by atoms with Gasteiger partial charge in [-0.05, 0) is 12.8 Å². The lowest BCUT2D eigenvalue weighted by Gasteiger charge is -1.98. The molecule has 0 amide bonds. The van der Waals surface area contributed by atoms with E-state index in [1.807, 2.05) is 6.20 Å². The standard InChI is InChI=1S/C8H13N3/c1-2-7(1)9-4-3-8-10-5-6-11-8/h5-7,9H,1-4H2,(H,10,11). The van der Waals surface area contributed by atoms with E-state index in [2.05, 4.69) is 15.3 Å². The van der Waals surface area contributed by atoms with Crippen LogP contribution in [0.5, 0.6) is 0 Å². The predicted molar refractivity (Wildman–Crippen MR) is 43.3 cm³/mol. The topological polar surface area (TPSA) is 40.7 Å². The molecule has 0 radical (unpaired) electrons. The second-order valence-electron chi connectivity index (χ2n) is 3.01. The van der Waals surface area contributed by atoms with Gasteiger partial charge in [0.2, 0.25) is 0 Å². The largest absolute Gasteiger partial charge is 0.349 e. The fraction of sp³-hybridized carbons (Fsp3) is 0.625. The molecule has 2 rings (SSSR count). The highest BCUT2D eigenvalue weighted by Crippen LogP contribution is 2.18. The van der Waals surface area contributed by atoms with Gasteiger partial charge in [0.05, 0.1) is 0 Å². The highest BCUT2D eigenvalue weighted by molar-refractivity contribution is 4.89. The van der Waals surface area contributed by atoms with Crippen LogP contribution >= 0.6 is 0 Å². The Hall–Kier alpha value is -0.830. The molecule has 0 bridgehead atoms. The Morgan fingerprint density at radius 2 is 2.55 bits per heavy atom. The minimum Gasteiger partial charge on any atom is -0.349 e. The third kappa shape index (κ3) is 2.05. The summed E-state index contributed by atoms with van der Waals surface area (Å²) in [7, 11) is 0. The van der Waals surface area contributed by atoms with Crippen LogP contribution in [-0.4, -0.2) is 22.6 Å². The van der Waals surface area contributed by atoms with Gasteiger partial charge in [0, 0.05) is 31.4 Å². The Morgan fingerprint density at radius 1 is 1.64 bits per heavy atom.